The Balaban J connectivity index is 1.55. The van der Waals surface area contributed by atoms with Gasteiger partial charge in [0.15, 0.2) is 22.3 Å². The molecule has 3 rings (SSSR count). The molecular formula is C20H18F2N2O4S. The lowest BCUT2D eigenvalue weighted by molar-refractivity contribution is -0.0512. The number of halogens is 2. The molecule has 152 valence electrons. The molecule has 0 saturated carbocycles. The number of ether oxygens (including phenoxy) is 3. The van der Waals surface area contributed by atoms with Crippen LogP contribution in [0.25, 0.3) is 0 Å². The predicted molar refractivity (Wildman–Crippen MR) is 105 cm³/mol. The average molecular weight is 420 g/mol. The summed E-state index contributed by atoms with van der Waals surface area (Å²) in [5, 5.41) is 5.37. The van der Waals surface area contributed by atoms with Gasteiger partial charge < -0.3 is 19.5 Å². The Morgan fingerprint density at radius 3 is 2.66 bits per heavy atom. The molecule has 0 bridgehead atoms. The van der Waals surface area contributed by atoms with Crippen LogP contribution in [0.4, 0.5) is 13.9 Å². The molecule has 0 spiro atoms. The van der Waals surface area contributed by atoms with Crippen molar-refractivity contribution < 1.29 is 27.8 Å². The summed E-state index contributed by atoms with van der Waals surface area (Å²) in [6, 6.07) is 14.1. The number of benzene rings is 2. The molecule has 0 unspecified atom stereocenters. The van der Waals surface area contributed by atoms with Gasteiger partial charge in [0.25, 0.3) is 0 Å². The van der Waals surface area contributed by atoms with Gasteiger partial charge in [-0.2, -0.15) is 8.78 Å². The first-order chi connectivity index (χ1) is 14.0. The van der Waals surface area contributed by atoms with Crippen LogP contribution < -0.4 is 14.8 Å². The van der Waals surface area contributed by atoms with E-state index in [9.17, 15) is 13.6 Å². The first-order valence-corrected chi connectivity index (χ1v) is 9.45. The minimum atomic E-state index is -2.96. The maximum absolute atomic E-state index is 12.4. The molecule has 1 aromatic heterocycles. The second-order valence-corrected chi connectivity index (χ2v) is 6.68. The number of alkyl halides is 2. The minimum absolute atomic E-state index is 0.0611. The van der Waals surface area contributed by atoms with Crippen molar-refractivity contribution >= 4 is 22.4 Å². The zero-order valence-electron chi connectivity index (χ0n) is 15.4. The monoisotopic (exact) mass is 420 g/mol. The van der Waals surface area contributed by atoms with Crippen LogP contribution in [0.15, 0.2) is 53.9 Å². The fraction of sp³-hybridized carbons (Fsp3) is 0.200. The largest absolute Gasteiger partial charge is 0.493 e. The number of nitrogens with zero attached hydrogens (tertiary/aromatic N) is 1. The summed E-state index contributed by atoms with van der Waals surface area (Å²) in [5.41, 5.74) is 1.85. The van der Waals surface area contributed by atoms with Crippen LogP contribution in [0, 0.1) is 0 Å². The van der Waals surface area contributed by atoms with Crippen LogP contribution in [-0.4, -0.2) is 24.7 Å². The van der Waals surface area contributed by atoms with Gasteiger partial charge in [0.1, 0.15) is 6.61 Å². The Morgan fingerprint density at radius 1 is 1.14 bits per heavy atom. The Morgan fingerprint density at radius 2 is 1.93 bits per heavy atom. The lowest BCUT2D eigenvalue weighted by atomic mass is 10.2. The van der Waals surface area contributed by atoms with E-state index in [0.29, 0.717) is 17.2 Å². The van der Waals surface area contributed by atoms with E-state index in [2.05, 4.69) is 15.0 Å². The van der Waals surface area contributed by atoms with E-state index < -0.39 is 12.6 Å². The SMILES string of the molecule is COc1cc(COC(=O)c2csc(NCc3ccccc3)n2)ccc1OC(F)F. The summed E-state index contributed by atoms with van der Waals surface area (Å²) in [5.74, 6) is -0.549. The molecule has 9 heteroatoms. The highest BCUT2D eigenvalue weighted by atomic mass is 32.1. The molecule has 2 aromatic carbocycles. The van der Waals surface area contributed by atoms with Gasteiger partial charge in [-0.15, -0.1) is 11.3 Å². The number of anilines is 1. The van der Waals surface area contributed by atoms with Crippen molar-refractivity contribution in [2.24, 2.45) is 0 Å². The molecule has 0 amide bonds. The van der Waals surface area contributed by atoms with Gasteiger partial charge in [0.05, 0.1) is 7.11 Å². The van der Waals surface area contributed by atoms with E-state index >= 15 is 0 Å². The summed E-state index contributed by atoms with van der Waals surface area (Å²) in [6.45, 7) is -2.42. The normalized spacial score (nSPS) is 10.6. The van der Waals surface area contributed by atoms with Gasteiger partial charge in [-0.3, -0.25) is 0 Å². The van der Waals surface area contributed by atoms with Gasteiger partial charge in [0, 0.05) is 11.9 Å². The molecule has 1 heterocycles. The molecule has 0 aliphatic carbocycles. The van der Waals surface area contributed by atoms with Crippen molar-refractivity contribution in [2.75, 3.05) is 12.4 Å². The average Bonchev–Trinajstić information content (AvgIpc) is 3.21. The van der Waals surface area contributed by atoms with Crippen molar-refractivity contribution in [3.05, 3.63) is 70.7 Å². The van der Waals surface area contributed by atoms with Crippen LogP contribution in [0.5, 0.6) is 11.5 Å². The number of hydrogen-bond donors (Lipinski definition) is 1. The number of esters is 1. The quantitative estimate of drug-likeness (QED) is 0.505. The highest BCUT2D eigenvalue weighted by Gasteiger charge is 2.15. The summed E-state index contributed by atoms with van der Waals surface area (Å²) >= 11 is 1.30. The summed E-state index contributed by atoms with van der Waals surface area (Å²) < 4.78 is 39.4. The lowest BCUT2D eigenvalue weighted by Crippen LogP contribution is -2.07. The number of rotatable bonds is 9. The number of thiazole rings is 1. The molecule has 0 aliphatic rings. The van der Waals surface area contributed by atoms with Crippen molar-refractivity contribution in [3.63, 3.8) is 0 Å². The Labute approximate surface area is 170 Å². The minimum Gasteiger partial charge on any atom is -0.493 e. The van der Waals surface area contributed by atoms with Crippen LogP contribution in [0.2, 0.25) is 0 Å². The molecule has 0 aliphatic heterocycles. The number of aromatic nitrogens is 1. The fourth-order valence-electron chi connectivity index (χ4n) is 2.44. The predicted octanol–water partition coefficient (Wildman–Crippen LogP) is 4.72. The molecular weight excluding hydrogens is 402 g/mol. The maximum Gasteiger partial charge on any atom is 0.387 e. The Hall–Kier alpha value is -3.20. The van der Waals surface area contributed by atoms with Crippen molar-refractivity contribution in [3.8, 4) is 11.5 Å². The van der Waals surface area contributed by atoms with Gasteiger partial charge >= 0.3 is 12.6 Å². The van der Waals surface area contributed by atoms with Gasteiger partial charge in [-0.25, -0.2) is 9.78 Å². The molecule has 0 atom stereocenters. The van der Waals surface area contributed by atoms with E-state index in [0.717, 1.165) is 5.56 Å². The number of hydrogen-bond acceptors (Lipinski definition) is 7. The molecule has 0 radical (unpaired) electrons. The van der Waals surface area contributed by atoms with Crippen molar-refractivity contribution in [1.82, 2.24) is 4.98 Å². The summed E-state index contributed by atoms with van der Waals surface area (Å²) in [7, 11) is 1.34. The molecule has 29 heavy (non-hydrogen) atoms. The van der Waals surface area contributed by atoms with Crippen LogP contribution in [0.3, 0.4) is 0 Å². The highest BCUT2D eigenvalue weighted by molar-refractivity contribution is 7.13. The van der Waals surface area contributed by atoms with Crippen LogP contribution in [-0.2, 0) is 17.9 Å². The smallest absolute Gasteiger partial charge is 0.387 e. The van der Waals surface area contributed by atoms with Crippen LogP contribution in [0.1, 0.15) is 21.6 Å². The van der Waals surface area contributed by atoms with E-state index in [4.69, 9.17) is 9.47 Å². The third-order valence-corrected chi connectivity index (χ3v) is 4.61. The van der Waals surface area contributed by atoms with E-state index in [1.54, 1.807) is 5.38 Å². The topological polar surface area (TPSA) is 69.7 Å². The Kier molecular flexibility index (Phi) is 6.96. The second kappa shape index (κ2) is 9.83. The first-order valence-electron chi connectivity index (χ1n) is 8.57. The number of carbonyl (C=O) groups is 1. The second-order valence-electron chi connectivity index (χ2n) is 5.82. The summed E-state index contributed by atoms with van der Waals surface area (Å²) in [4.78, 5) is 16.4. The molecule has 6 nitrogen and oxygen atoms in total. The number of nitrogens with one attached hydrogen (secondary N) is 1. The number of carbonyl (C=O) groups excluding carboxylic acids is 1. The standard InChI is InChI=1S/C20H18F2N2O4S/c1-26-17-9-14(7-8-16(17)28-19(21)22)11-27-18(25)15-12-29-20(24-15)23-10-13-5-3-2-4-6-13/h2-9,12,19H,10-11H2,1H3,(H,23,24). The van der Waals surface area contributed by atoms with Gasteiger partial charge in [0.2, 0.25) is 0 Å². The lowest BCUT2D eigenvalue weighted by Gasteiger charge is -2.11. The third-order valence-electron chi connectivity index (χ3n) is 3.81. The zero-order chi connectivity index (χ0) is 20.6. The molecule has 3 aromatic rings. The highest BCUT2D eigenvalue weighted by Crippen LogP contribution is 2.29. The number of methoxy groups -OCH3 is 1. The maximum atomic E-state index is 12.4. The van der Waals surface area contributed by atoms with Crippen molar-refractivity contribution in [1.29, 1.82) is 0 Å². The van der Waals surface area contributed by atoms with E-state index in [1.165, 1.54) is 36.6 Å². The molecule has 0 fully saturated rings. The van der Waals surface area contributed by atoms with E-state index in [-0.39, 0.29) is 23.8 Å². The Bertz CT molecular complexity index is 951. The molecule has 0 saturated heterocycles. The van der Waals surface area contributed by atoms with Crippen molar-refractivity contribution in [2.45, 2.75) is 19.8 Å². The van der Waals surface area contributed by atoms with Crippen LogP contribution >= 0.6 is 11.3 Å². The molecule has 1 N–H and O–H groups in total. The fourth-order valence-corrected chi connectivity index (χ4v) is 3.12. The van der Waals surface area contributed by atoms with Gasteiger partial charge in [-0.05, 0) is 23.3 Å². The van der Waals surface area contributed by atoms with E-state index in [1.807, 2.05) is 30.3 Å². The zero-order valence-corrected chi connectivity index (χ0v) is 16.2. The first kappa shape index (κ1) is 20.5. The third kappa shape index (κ3) is 5.89. The van der Waals surface area contributed by atoms with Gasteiger partial charge in [-0.1, -0.05) is 36.4 Å². The summed E-state index contributed by atoms with van der Waals surface area (Å²) in [6.07, 6.45) is 0.